The van der Waals surface area contributed by atoms with Crippen LogP contribution >= 0.6 is 11.3 Å². The lowest BCUT2D eigenvalue weighted by molar-refractivity contribution is -0.387. The Bertz CT molecular complexity index is 1270. The van der Waals surface area contributed by atoms with Gasteiger partial charge in [-0.05, 0) is 48.2 Å². The molecule has 1 aliphatic rings. The van der Waals surface area contributed by atoms with E-state index >= 15 is 0 Å². The van der Waals surface area contributed by atoms with E-state index in [9.17, 15) is 23.3 Å². The number of nitrogens with zero attached hydrogens (tertiary/aromatic N) is 2. The maximum Gasteiger partial charge on any atom is 0.411 e. The van der Waals surface area contributed by atoms with Crippen molar-refractivity contribution in [3.05, 3.63) is 80.5 Å². The molecule has 1 aliphatic heterocycles. The Morgan fingerprint density at radius 3 is 2.72 bits per heavy atom. The first-order chi connectivity index (χ1) is 15.3. The minimum atomic E-state index is -4.29. The minimum Gasteiger partial charge on any atom is -0.446 e. The molecule has 3 aromatic rings. The molecule has 0 saturated heterocycles. The first-order valence-corrected chi connectivity index (χ1v) is 12.0. The number of hydrogen-bond donors (Lipinski definition) is 1. The molecule has 0 aliphatic carbocycles. The molecule has 9 nitrogen and oxygen atoms in total. The Balaban J connectivity index is 1.84. The van der Waals surface area contributed by atoms with Gasteiger partial charge in [0.2, 0.25) is 0 Å². The normalized spacial score (nSPS) is 15.8. The third kappa shape index (κ3) is 4.30. The summed E-state index contributed by atoms with van der Waals surface area (Å²) in [6.45, 7) is 1.75. The summed E-state index contributed by atoms with van der Waals surface area (Å²) in [6, 6.07) is 13.7. The van der Waals surface area contributed by atoms with Crippen molar-refractivity contribution in [2.24, 2.45) is 0 Å². The van der Waals surface area contributed by atoms with Gasteiger partial charge in [0.1, 0.15) is 6.10 Å². The Hall–Kier alpha value is -3.44. The average molecular weight is 474 g/mol. The Kier molecular flexibility index (Phi) is 5.85. The number of thiophene rings is 1. The topological polar surface area (TPSA) is 119 Å². The van der Waals surface area contributed by atoms with Crippen LogP contribution in [0.2, 0.25) is 0 Å². The Morgan fingerprint density at radius 2 is 2.00 bits per heavy atom. The van der Waals surface area contributed by atoms with Crippen LogP contribution in [0.25, 0.3) is 0 Å². The standard InChI is InChI=1S/C21H19N3O6S2/c1-14-11-15-12-16(8-9-18(15)22-21(25)30-14)23(13-17-5-4-10-31-17)32(28,29)20-7-3-2-6-19(20)24(26)27/h2-10,12,14H,11,13H2,1H3,(H,22,25). The van der Waals surface area contributed by atoms with E-state index in [0.29, 0.717) is 23.4 Å². The summed E-state index contributed by atoms with van der Waals surface area (Å²) in [5.74, 6) is 0. The van der Waals surface area contributed by atoms with Crippen LogP contribution in [0, 0.1) is 10.1 Å². The molecule has 0 fully saturated rings. The van der Waals surface area contributed by atoms with E-state index in [1.807, 2.05) is 5.38 Å². The molecule has 0 spiro atoms. The molecule has 0 saturated carbocycles. The van der Waals surface area contributed by atoms with Crippen LogP contribution < -0.4 is 9.62 Å². The van der Waals surface area contributed by atoms with Gasteiger partial charge in [-0.1, -0.05) is 18.2 Å². The number of nitro benzene ring substituents is 1. The number of benzene rings is 2. The van der Waals surface area contributed by atoms with E-state index < -0.39 is 32.8 Å². The number of amides is 1. The monoisotopic (exact) mass is 473 g/mol. The number of nitrogens with one attached hydrogen (secondary N) is 1. The molecule has 1 unspecified atom stereocenters. The zero-order chi connectivity index (χ0) is 22.9. The molecule has 1 amide bonds. The second-order valence-corrected chi connectivity index (χ2v) is 10.1. The number of carbonyl (C=O) groups is 1. The first kappa shape index (κ1) is 21.8. The fourth-order valence-electron chi connectivity index (χ4n) is 3.50. The van der Waals surface area contributed by atoms with E-state index in [1.165, 1.54) is 35.6 Å². The lowest BCUT2D eigenvalue weighted by atomic mass is 10.1. The average Bonchev–Trinajstić information content (AvgIpc) is 3.21. The predicted octanol–water partition coefficient (Wildman–Crippen LogP) is 4.54. The zero-order valence-electron chi connectivity index (χ0n) is 16.9. The van der Waals surface area contributed by atoms with Gasteiger partial charge in [0.15, 0.2) is 4.90 Å². The molecular weight excluding hydrogens is 454 g/mol. The quantitative estimate of drug-likeness (QED) is 0.415. The van der Waals surface area contributed by atoms with Gasteiger partial charge in [-0.15, -0.1) is 11.3 Å². The number of nitro groups is 1. The number of para-hydroxylation sites is 1. The third-order valence-electron chi connectivity index (χ3n) is 4.94. The molecule has 11 heteroatoms. The van der Waals surface area contributed by atoms with Crippen molar-refractivity contribution in [3.8, 4) is 0 Å². The summed E-state index contributed by atoms with van der Waals surface area (Å²) < 4.78 is 33.7. The lowest BCUT2D eigenvalue weighted by Crippen LogP contribution is -2.31. The van der Waals surface area contributed by atoms with Crippen molar-refractivity contribution in [3.63, 3.8) is 0 Å². The molecule has 32 heavy (non-hydrogen) atoms. The second-order valence-electron chi connectivity index (χ2n) is 7.20. The smallest absolute Gasteiger partial charge is 0.411 e. The Labute approximate surface area is 188 Å². The van der Waals surface area contributed by atoms with Crippen molar-refractivity contribution < 1.29 is 22.9 Å². The number of anilines is 2. The van der Waals surface area contributed by atoms with Crippen LogP contribution in [0.3, 0.4) is 0 Å². The molecule has 2 heterocycles. The fraction of sp³-hybridized carbons (Fsp3) is 0.190. The number of cyclic esters (lactones) is 1. The number of sulfonamides is 1. The summed E-state index contributed by atoms with van der Waals surface area (Å²) in [6.07, 6.45) is -0.587. The van der Waals surface area contributed by atoms with Crippen LogP contribution in [-0.2, 0) is 27.7 Å². The van der Waals surface area contributed by atoms with E-state index in [2.05, 4.69) is 5.32 Å². The number of fused-ring (bicyclic) bond motifs is 1. The van der Waals surface area contributed by atoms with E-state index in [0.717, 1.165) is 9.18 Å². The van der Waals surface area contributed by atoms with Gasteiger partial charge in [-0.2, -0.15) is 0 Å². The van der Waals surface area contributed by atoms with Crippen molar-refractivity contribution in [1.82, 2.24) is 0 Å². The summed E-state index contributed by atoms with van der Waals surface area (Å²) in [5.41, 5.74) is 1.07. The SMILES string of the molecule is CC1Cc2cc(N(Cc3cccs3)S(=O)(=O)c3ccccc3[N+](=O)[O-])ccc2NC(=O)O1. The first-order valence-electron chi connectivity index (χ1n) is 9.65. The third-order valence-corrected chi connectivity index (χ3v) is 7.62. The van der Waals surface area contributed by atoms with Gasteiger partial charge in [0.25, 0.3) is 15.7 Å². The molecular formula is C21H19N3O6S2. The summed E-state index contributed by atoms with van der Waals surface area (Å²) in [5, 5.41) is 16.0. The molecule has 1 N–H and O–H groups in total. The zero-order valence-corrected chi connectivity index (χ0v) is 18.6. The van der Waals surface area contributed by atoms with Crippen LogP contribution in [-0.4, -0.2) is 25.5 Å². The molecule has 166 valence electrons. The highest BCUT2D eigenvalue weighted by Crippen LogP contribution is 2.34. The van der Waals surface area contributed by atoms with Gasteiger partial charge >= 0.3 is 6.09 Å². The van der Waals surface area contributed by atoms with Crippen LogP contribution in [0.5, 0.6) is 0 Å². The van der Waals surface area contributed by atoms with Crippen LogP contribution in [0.15, 0.2) is 64.9 Å². The highest BCUT2D eigenvalue weighted by Gasteiger charge is 2.33. The highest BCUT2D eigenvalue weighted by atomic mass is 32.2. The molecule has 0 bridgehead atoms. The number of ether oxygens (including phenoxy) is 1. The van der Waals surface area contributed by atoms with E-state index in [-0.39, 0.29) is 11.4 Å². The van der Waals surface area contributed by atoms with Gasteiger partial charge in [0, 0.05) is 23.1 Å². The van der Waals surface area contributed by atoms with Crippen molar-refractivity contribution in [2.75, 3.05) is 9.62 Å². The largest absolute Gasteiger partial charge is 0.446 e. The number of rotatable bonds is 6. The van der Waals surface area contributed by atoms with Crippen LogP contribution in [0.4, 0.5) is 21.9 Å². The molecule has 2 aromatic carbocycles. The maximum atomic E-state index is 13.7. The maximum absolute atomic E-state index is 13.7. The van der Waals surface area contributed by atoms with Gasteiger partial charge in [0.05, 0.1) is 17.2 Å². The summed E-state index contributed by atoms with van der Waals surface area (Å²) in [4.78, 5) is 23.0. The summed E-state index contributed by atoms with van der Waals surface area (Å²) in [7, 11) is -4.29. The molecule has 0 radical (unpaired) electrons. The van der Waals surface area contributed by atoms with E-state index in [4.69, 9.17) is 4.74 Å². The van der Waals surface area contributed by atoms with Gasteiger partial charge in [-0.25, -0.2) is 13.2 Å². The highest BCUT2D eigenvalue weighted by molar-refractivity contribution is 7.93. The van der Waals surface area contributed by atoms with Crippen molar-refractivity contribution in [1.29, 1.82) is 0 Å². The van der Waals surface area contributed by atoms with Crippen molar-refractivity contribution in [2.45, 2.75) is 30.9 Å². The number of hydrogen-bond acceptors (Lipinski definition) is 7. The Morgan fingerprint density at radius 1 is 1.22 bits per heavy atom. The summed E-state index contributed by atoms with van der Waals surface area (Å²) >= 11 is 1.38. The fourth-order valence-corrected chi connectivity index (χ4v) is 5.87. The van der Waals surface area contributed by atoms with Gasteiger partial charge < -0.3 is 4.74 Å². The molecule has 1 aromatic heterocycles. The molecule has 4 rings (SSSR count). The molecule has 1 atom stereocenters. The minimum absolute atomic E-state index is 0.00322. The van der Waals surface area contributed by atoms with Crippen molar-refractivity contribution >= 4 is 44.5 Å². The second kappa shape index (κ2) is 8.60. The predicted molar refractivity (Wildman–Crippen MR) is 120 cm³/mol. The number of carbonyl (C=O) groups excluding carboxylic acids is 1. The van der Waals surface area contributed by atoms with Crippen LogP contribution in [0.1, 0.15) is 17.4 Å². The van der Waals surface area contributed by atoms with E-state index in [1.54, 1.807) is 37.3 Å². The lowest BCUT2D eigenvalue weighted by Gasteiger charge is -2.25. The van der Waals surface area contributed by atoms with Gasteiger partial charge in [-0.3, -0.25) is 19.7 Å².